The molecule has 2 saturated heterocycles. The van der Waals surface area contributed by atoms with Gasteiger partial charge in [0.1, 0.15) is 13.2 Å². The number of hydrogen-bond donors (Lipinski definition) is 0. The monoisotopic (exact) mass is 512 g/mol. The van der Waals surface area contributed by atoms with E-state index in [2.05, 4.69) is 13.2 Å². The summed E-state index contributed by atoms with van der Waals surface area (Å²) in [6, 6.07) is 0. The minimum atomic E-state index is -5.45. The number of alkyl halides is 6. The van der Waals surface area contributed by atoms with E-state index in [0.29, 0.717) is 26.1 Å². The van der Waals surface area contributed by atoms with Gasteiger partial charge in [-0.2, -0.15) is 26.3 Å². The van der Waals surface area contributed by atoms with Crippen LogP contribution in [0.15, 0.2) is 25.3 Å². The Labute approximate surface area is 202 Å². The van der Waals surface area contributed by atoms with Crippen LogP contribution in [0.2, 0.25) is 0 Å². The van der Waals surface area contributed by atoms with Crippen LogP contribution in [0.3, 0.4) is 0 Å². The highest BCUT2D eigenvalue weighted by Crippen LogP contribution is 2.66. The zero-order valence-electron chi connectivity index (χ0n) is 19.7. The van der Waals surface area contributed by atoms with Gasteiger partial charge in [-0.3, -0.25) is 0 Å². The third-order valence-corrected chi connectivity index (χ3v) is 8.25. The van der Waals surface area contributed by atoms with Crippen molar-refractivity contribution in [2.24, 2.45) is 29.1 Å². The third-order valence-electron chi connectivity index (χ3n) is 8.25. The van der Waals surface area contributed by atoms with Crippen molar-refractivity contribution in [1.82, 2.24) is 0 Å². The number of epoxide rings is 2. The molecule has 4 aliphatic rings. The van der Waals surface area contributed by atoms with E-state index in [9.17, 15) is 26.3 Å². The summed E-state index contributed by atoms with van der Waals surface area (Å²) in [5.41, 5.74) is -3.79. The number of rotatable bonds is 10. The second-order valence-corrected chi connectivity index (χ2v) is 10.3. The van der Waals surface area contributed by atoms with Gasteiger partial charge in [0.2, 0.25) is 0 Å². The van der Waals surface area contributed by atoms with E-state index < -0.39 is 66.2 Å². The normalized spacial score (nSPS) is 38.1. The fraction of sp³-hybridized carbons (Fsp3) is 0.840. The first-order chi connectivity index (χ1) is 16.5. The van der Waals surface area contributed by atoms with Gasteiger partial charge in [0, 0.05) is 0 Å². The van der Waals surface area contributed by atoms with Crippen LogP contribution in [0.4, 0.5) is 26.3 Å². The van der Waals surface area contributed by atoms with Gasteiger partial charge < -0.3 is 18.9 Å². The molecule has 0 bridgehead atoms. The molecule has 0 radical (unpaired) electrons. The first-order valence-corrected chi connectivity index (χ1v) is 12.4. The first kappa shape index (κ1) is 26.9. The maximum Gasteiger partial charge on any atom is 0.403 e. The molecule has 0 spiro atoms. The lowest BCUT2D eigenvalue weighted by Crippen LogP contribution is -2.62. The minimum absolute atomic E-state index is 0.129. The zero-order chi connectivity index (χ0) is 25.4. The van der Waals surface area contributed by atoms with E-state index in [1.54, 1.807) is 12.2 Å². The predicted molar refractivity (Wildman–Crippen MR) is 115 cm³/mol. The molecule has 35 heavy (non-hydrogen) atoms. The molecule has 0 aromatic rings. The van der Waals surface area contributed by atoms with E-state index in [0.717, 1.165) is 0 Å². The van der Waals surface area contributed by atoms with E-state index >= 15 is 0 Å². The second kappa shape index (κ2) is 10.3. The van der Waals surface area contributed by atoms with Crippen LogP contribution in [0.25, 0.3) is 0 Å². The number of halogens is 6. The Morgan fingerprint density at radius 3 is 1.34 bits per heavy atom. The van der Waals surface area contributed by atoms with E-state index in [4.69, 9.17) is 18.9 Å². The van der Waals surface area contributed by atoms with E-state index in [-0.39, 0.29) is 38.5 Å². The Balaban J connectivity index is 1.64. The van der Waals surface area contributed by atoms with Crippen LogP contribution in [0.1, 0.15) is 51.4 Å². The van der Waals surface area contributed by atoms with Crippen LogP contribution in [0, 0.1) is 29.1 Å². The summed E-state index contributed by atoms with van der Waals surface area (Å²) in [5, 5.41) is 0. The molecule has 0 N–H and O–H groups in total. The molecule has 2 aliphatic heterocycles. The molecular weight excluding hydrogens is 478 g/mol. The minimum Gasteiger partial charge on any atom is -0.347 e. The van der Waals surface area contributed by atoms with Gasteiger partial charge in [-0.25, -0.2) is 0 Å². The van der Waals surface area contributed by atoms with Crippen molar-refractivity contribution in [1.29, 1.82) is 0 Å². The molecule has 2 heterocycles. The smallest absolute Gasteiger partial charge is 0.347 e. The van der Waals surface area contributed by atoms with Crippen LogP contribution in [-0.2, 0) is 18.9 Å². The second-order valence-electron chi connectivity index (χ2n) is 10.3. The average Bonchev–Trinajstić information content (AvgIpc) is 3.67. The molecule has 2 aliphatic carbocycles. The van der Waals surface area contributed by atoms with Gasteiger partial charge in [-0.05, 0) is 75.0 Å². The van der Waals surface area contributed by atoms with Crippen molar-refractivity contribution in [2.45, 2.75) is 88.5 Å². The lowest BCUT2D eigenvalue weighted by molar-refractivity contribution is -0.385. The molecule has 2 saturated carbocycles. The summed E-state index contributed by atoms with van der Waals surface area (Å²) in [6.07, 6.45) is -9.51. The highest BCUT2D eigenvalue weighted by Gasteiger charge is 2.77. The van der Waals surface area contributed by atoms with Crippen molar-refractivity contribution >= 4 is 0 Å². The van der Waals surface area contributed by atoms with E-state index in [1.165, 1.54) is 0 Å². The highest BCUT2D eigenvalue weighted by atomic mass is 19.4. The van der Waals surface area contributed by atoms with Crippen LogP contribution in [0.5, 0.6) is 0 Å². The molecule has 4 rings (SSSR count). The molecule has 8 atom stereocenters. The Hall–Kier alpha value is -1.10. The lowest BCUT2D eigenvalue weighted by atomic mass is 9.54. The van der Waals surface area contributed by atoms with Gasteiger partial charge in [-0.15, -0.1) is 13.2 Å². The summed E-state index contributed by atoms with van der Waals surface area (Å²) in [5.74, 6) is -4.14. The molecule has 4 nitrogen and oxygen atoms in total. The van der Waals surface area contributed by atoms with Gasteiger partial charge in [0.15, 0.2) is 18.0 Å². The zero-order valence-corrected chi connectivity index (χ0v) is 19.7. The summed E-state index contributed by atoms with van der Waals surface area (Å²) in [7, 11) is 0. The Bertz CT molecular complexity index is 683. The van der Waals surface area contributed by atoms with Crippen LogP contribution >= 0.6 is 0 Å². The Morgan fingerprint density at radius 1 is 0.686 bits per heavy atom. The first-order valence-electron chi connectivity index (χ1n) is 12.4. The van der Waals surface area contributed by atoms with Gasteiger partial charge in [0.25, 0.3) is 0 Å². The summed E-state index contributed by atoms with van der Waals surface area (Å²) < 4.78 is 111. The quantitative estimate of drug-likeness (QED) is 0.189. The summed E-state index contributed by atoms with van der Waals surface area (Å²) >= 11 is 0. The van der Waals surface area contributed by atoms with E-state index in [1.807, 2.05) is 0 Å². The summed E-state index contributed by atoms with van der Waals surface area (Å²) in [4.78, 5) is 0. The fourth-order valence-electron chi connectivity index (χ4n) is 6.63. The third kappa shape index (κ3) is 5.60. The largest absolute Gasteiger partial charge is 0.403 e. The average molecular weight is 513 g/mol. The van der Waals surface area contributed by atoms with Gasteiger partial charge in [-0.1, -0.05) is 12.2 Å². The van der Waals surface area contributed by atoms with Crippen LogP contribution in [-0.4, -0.2) is 50.4 Å². The SMILES string of the molecule is C=CCC1CC(C(C2CCC(OC3CO3)C(CC=C)C2)(C(F)(F)F)C(F)(F)F)CCC1OC1CO1. The van der Waals surface area contributed by atoms with Gasteiger partial charge >= 0.3 is 12.4 Å². The standard InChI is InChI=1S/C25H34F6O4/c1-3-5-15-11-17(7-9-19(15)34-21-13-32-21)23(24(26,27)28,25(29,30)31)18-8-10-20(35-22-14-33-22)16(12-18)6-4-2/h3-4,15-22H,1-2,5-14H2. The van der Waals surface area contributed by atoms with Crippen molar-refractivity contribution in [3.8, 4) is 0 Å². The Morgan fingerprint density at radius 2 is 1.06 bits per heavy atom. The van der Waals surface area contributed by atoms with Crippen LogP contribution < -0.4 is 0 Å². The van der Waals surface area contributed by atoms with Crippen molar-refractivity contribution < 1.29 is 45.3 Å². The topological polar surface area (TPSA) is 43.5 Å². The summed E-state index contributed by atoms with van der Waals surface area (Å²) in [6.45, 7) is 8.12. The highest BCUT2D eigenvalue weighted by molar-refractivity contribution is 5.07. The molecular formula is C25H34F6O4. The van der Waals surface area contributed by atoms with Crippen molar-refractivity contribution in [2.75, 3.05) is 13.2 Å². The van der Waals surface area contributed by atoms with Gasteiger partial charge in [0.05, 0.1) is 12.2 Å². The number of ether oxygens (including phenoxy) is 4. The number of allylic oxidation sites excluding steroid dienone is 2. The maximum absolute atomic E-state index is 14.8. The molecule has 200 valence electrons. The lowest BCUT2D eigenvalue weighted by Gasteiger charge is -2.53. The molecule has 0 amide bonds. The predicted octanol–water partition coefficient (Wildman–Crippen LogP) is 6.57. The Kier molecular flexibility index (Phi) is 7.96. The maximum atomic E-state index is 14.8. The molecule has 0 aromatic heterocycles. The number of hydrogen-bond acceptors (Lipinski definition) is 4. The molecule has 10 heteroatoms. The molecule has 0 aromatic carbocycles. The van der Waals surface area contributed by atoms with Crippen molar-refractivity contribution in [3.05, 3.63) is 25.3 Å². The van der Waals surface area contributed by atoms with Crippen molar-refractivity contribution in [3.63, 3.8) is 0 Å². The molecule has 4 fully saturated rings. The fourth-order valence-corrected chi connectivity index (χ4v) is 6.63. The molecule has 8 unspecified atom stereocenters.